The molecule has 0 radical (unpaired) electrons. The van der Waals surface area contributed by atoms with Crippen LogP contribution in [0.5, 0.6) is 5.75 Å². The van der Waals surface area contributed by atoms with Gasteiger partial charge in [-0.05, 0) is 32.8 Å². The van der Waals surface area contributed by atoms with E-state index in [0.29, 0.717) is 29.5 Å². The summed E-state index contributed by atoms with van der Waals surface area (Å²) in [6, 6.07) is 2.81. The zero-order valence-corrected chi connectivity index (χ0v) is 16.8. The van der Waals surface area contributed by atoms with Gasteiger partial charge in [-0.3, -0.25) is 4.79 Å². The Bertz CT molecular complexity index is 593. The molecule has 1 aliphatic rings. The number of carbonyl (C=O) groups is 1. The summed E-state index contributed by atoms with van der Waals surface area (Å²) in [5.74, 6) is 0.152. The van der Waals surface area contributed by atoms with Gasteiger partial charge in [0, 0.05) is 18.7 Å². The van der Waals surface area contributed by atoms with Crippen LogP contribution in [0, 0.1) is 11.7 Å². The van der Waals surface area contributed by atoms with Gasteiger partial charge in [0.15, 0.2) is 0 Å². The molecule has 25 heavy (non-hydrogen) atoms. The number of anilines is 1. The van der Waals surface area contributed by atoms with E-state index in [1.807, 2.05) is 46.6 Å². The van der Waals surface area contributed by atoms with Crippen LogP contribution in [0.4, 0.5) is 10.1 Å². The predicted octanol–water partition coefficient (Wildman–Crippen LogP) is 4.59. The van der Waals surface area contributed by atoms with Crippen LogP contribution < -0.4 is 9.64 Å². The molecule has 0 N–H and O–H groups in total. The van der Waals surface area contributed by atoms with E-state index in [1.54, 1.807) is 0 Å². The van der Waals surface area contributed by atoms with Crippen molar-refractivity contribution in [3.05, 3.63) is 23.5 Å². The molecule has 1 aliphatic heterocycles. The lowest BCUT2D eigenvalue weighted by molar-refractivity contribution is -0.153. The fourth-order valence-corrected chi connectivity index (χ4v) is 2.62. The van der Waals surface area contributed by atoms with Gasteiger partial charge >= 0.3 is 5.97 Å². The smallest absolute Gasteiger partial charge is 0.310 e. The van der Waals surface area contributed by atoms with Crippen molar-refractivity contribution in [2.24, 2.45) is 5.92 Å². The van der Waals surface area contributed by atoms with E-state index in [4.69, 9.17) is 9.47 Å². The molecule has 0 saturated carbocycles. The molecule has 0 fully saturated rings. The number of ether oxygens (including phenoxy) is 2. The minimum atomic E-state index is -0.567. The van der Waals surface area contributed by atoms with Crippen molar-refractivity contribution < 1.29 is 18.7 Å². The fraction of sp³-hybridized carbons (Fsp3) is 0.650. The Morgan fingerprint density at radius 3 is 2.48 bits per heavy atom. The second-order valence-corrected chi connectivity index (χ2v) is 7.46. The summed E-state index contributed by atoms with van der Waals surface area (Å²) in [7, 11) is 1.91. The number of carbonyl (C=O) groups excluding carboxylic acids is 1. The second kappa shape index (κ2) is 8.54. The number of esters is 1. The molecule has 1 aromatic carbocycles. The summed E-state index contributed by atoms with van der Waals surface area (Å²) in [6.07, 6.45) is 0.00563. The number of rotatable bonds is 3. The molecular formula is C20H32FNO3. The number of hydrogen-bond acceptors (Lipinski definition) is 4. The van der Waals surface area contributed by atoms with Crippen molar-refractivity contribution in [2.75, 3.05) is 18.5 Å². The standard InChI is InChI=1S/C18H26FNO3.C2H6/c1-11(2)15-10-20(6)14-9-13(19)7-12(17(14)22-15)8-16(21)23-18(3,4)5;1-2/h7,9,11,15H,8,10H2,1-6H3;1-2H3. The Hall–Kier alpha value is -1.78. The van der Waals surface area contributed by atoms with E-state index in [9.17, 15) is 9.18 Å². The summed E-state index contributed by atoms with van der Waals surface area (Å²) in [4.78, 5) is 14.1. The Labute approximate surface area is 151 Å². The van der Waals surface area contributed by atoms with Gasteiger partial charge in [0.25, 0.3) is 0 Å². The van der Waals surface area contributed by atoms with Crippen LogP contribution in [-0.2, 0) is 16.0 Å². The summed E-state index contributed by atoms with van der Waals surface area (Å²) in [5, 5.41) is 0. The highest BCUT2D eigenvalue weighted by Crippen LogP contribution is 2.38. The van der Waals surface area contributed by atoms with Gasteiger partial charge in [-0.2, -0.15) is 0 Å². The molecule has 5 heteroatoms. The van der Waals surface area contributed by atoms with Crippen molar-refractivity contribution in [2.45, 2.75) is 66.6 Å². The number of halogens is 1. The molecule has 1 unspecified atom stereocenters. The maximum Gasteiger partial charge on any atom is 0.310 e. The topological polar surface area (TPSA) is 38.8 Å². The minimum Gasteiger partial charge on any atom is -0.486 e. The van der Waals surface area contributed by atoms with Gasteiger partial charge in [0.05, 0.1) is 18.7 Å². The third kappa shape index (κ3) is 5.91. The summed E-state index contributed by atoms with van der Waals surface area (Å²) >= 11 is 0. The van der Waals surface area contributed by atoms with Gasteiger partial charge < -0.3 is 14.4 Å². The van der Waals surface area contributed by atoms with Gasteiger partial charge in [-0.15, -0.1) is 0 Å². The van der Waals surface area contributed by atoms with Gasteiger partial charge in [-0.1, -0.05) is 27.7 Å². The van der Waals surface area contributed by atoms with Crippen molar-refractivity contribution >= 4 is 11.7 Å². The fourth-order valence-electron chi connectivity index (χ4n) is 2.62. The van der Waals surface area contributed by atoms with Gasteiger partial charge in [0.2, 0.25) is 0 Å². The van der Waals surface area contributed by atoms with E-state index < -0.39 is 5.60 Å². The van der Waals surface area contributed by atoms with Crippen molar-refractivity contribution in [1.29, 1.82) is 0 Å². The average molecular weight is 353 g/mol. The highest BCUT2D eigenvalue weighted by molar-refractivity contribution is 5.76. The van der Waals surface area contributed by atoms with Crippen LogP contribution in [-0.4, -0.2) is 31.3 Å². The number of nitrogens with zero attached hydrogens (tertiary/aromatic N) is 1. The molecule has 1 heterocycles. The predicted molar refractivity (Wildman–Crippen MR) is 99.8 cm³/mol. The van der Waals surface area contributed by atoms with Crippen LogP contribution in [0.2, 0.25) is 0 Å². The lowest BCUT2D eigenvalue weighted by Gasteiger charge is -2.37. The Morgan fingerprint density at radius 1 is 1.36 bits per heavy atom. The minimum absolute atomic E-state index is 0.00395. The number of benzene rings is 1. The monoisotopic (exact) mass is 353 g/mol. The molecule has 0 saturated heterocycles. The average Bonchev–Trinajstić information content (AvgIpc) is 2.48. The van der Waals surface area contributed by atoms with Crippen molar-refractivity contribution in [1.82, 2.24) is 0 Å². The van der Waals surface area contributed by atoms with Crippen molar-refractivity contribution in [3.63, 3.8) is 0 Å². The lowest BCUT2D eigenvalue weighted by Crippen LogP contribution is -2.41. The van der Waals surface area contributed by atoms with Crippen LogP contribution in [0.1, 0.15) is 54.0 Å². The van der Waals surface area contributed by atoms with E-state index in [2.05, 4.69) is 13.8 Å². The Morgan fingerprint density at radius 2 is 1.96 bits per heavy atom. The lowest BCUT2D eigenvalue weighted by atomic mass is 10.0. The van der Waals surface area contributed by atoms with Crippen LogP contribution in [0.15, 0.2) is 12.1 Å². The number of likely N-dealkylation sites (N-methyl/N-ethyl adjacent to an activating group) is 1. The molecule has 2 rings (SSSR count). The van der Waals surface area contributed by atoms with Gasteiger partial charge in [0.1, 0.15) is 23.3 Å². The van der Waals surface area contributed by atoms with E-state index in [-0.39, 0.29) is 24.3 Å². The molecule has 0 spiro atoms. The second-order valence-electron chi connectivity index (χ2n) is 7.46. The first-order chi connectivity index (χ1) is 11.6. The van der Waals surface area contributed by atoms with Crippen molar-refractivity contribution in [3.8, 4) is 5.75 Å². The molecule has 0 bridgehead atoms. The normalized spacial score (nSPS) is 16.6. The zero-order chi connectivity index (χ0) is 19.4. The summed E-state index contributed by atoms with van der Waals surface area (Å²) in [5.41, 5.74) is 0.648. The van der Waals surface area contributed by atoms with E-state index >= 15 is 0 Å². The first-order valence-electron chi connectivity index (χ1n) is 8.99. The highest BCUT2D eigenvalue weighted by Gasteiger charge is 2.29. The molecule has 0 aromatic heterocycles. The van der Waals surface area contributed by atoms with Crippen LogP contribution >= 0.6 is 0 Å². The van der Waals surface area contributed by atoms with E-state index in [1.165, 1.54) is 12.1 Å². The molecule has 1 aromatic rings. The Balaban J connectivity index is 0.00000151. The number of fused-ring (bicyclic) bond motifs is 1. The quantitative estimate of drug-likeness (QED) is 0.745. The SMILES string of the molecule is CC.CC(C)C1CN(C)c2cc(F)cc(CC(=O)OC(C)(C)C)c2O1. The largest absolute Gasteiger partial charge is 0.486 e. The molecule has 142 valence electrons. The van der Waals surface area contributed by atoms with E-state index in [0.717, 1.165) is 0 Å². The maximum absolute atomic E-state index is 13.9. The Kier molecular flexibility index (Phi) is 7.27. The molecule has 4 nitrogen and oxygen atoms in total. The first-order valence-corrected chi connectivity index (χ1v) is 8.99. The van der Waals surface area contributed by atoms with Crippen LogP contribution in [0.3, 0.4) is 0 Å². The third-order valence-electron chi connectivity index (χ3n) is 3.74. The first kappa shape index (κ1) is 21.3. The molecule has 0 amide bonds. The number of hydrogen-bond donors (Lipinski definition) is 0. The van der Waals surface area contributed by atoms with Crippen LogP contribution in [0.25, 0.3) is 0 Å². The molecule has 0 aliphatic carbocycles. The third-order valence-corrected chi connectivity index (χ3v) is 3.74. The molecule has 1 atom stereocenters. The zero-order valence-electron chi connectivity index (χ0n) is 16.8. The highest BCUT2D eigenvalue weighted by atomic mass is 19.1. The van der Waals surface area contributed by atoms with Gasteiger partial charge in [-0.25, -0.2) is 4.39 Å². The maximum atomic E-state index is 13.9. The summed E-state index contributed by atoms with van der Waals surface area (Å²) < 4.78 is 25.3. The summed E-state index contributed by atoms with van der Waals surface area (Å²) in [6.45, 7) is 14.3. The molecular weight excluding hydrogens is 321 g/mol.